The number of hydrogen-bond donors (Lipinski definition) is 1. The van der Waals surface area contributed by atoms with Crippen LogP contribution in [0.5, 0.6) is 0 Å². The van der Waals surface area contributed by atoms with E-state index in [9.17, 15) is 0 Å². The normalized spacial score (nSPS) is 13.9. The fraction of sp³-hybridized carbons (Fsp3) is 0.500. The highest BCUT2D eigenvalue weighted by Gasteiger charge is 2.21. The molecule has 1 saturated carbocycles. The first kappa shape index (κ1) is 21.7. The van der Waals surface area contributed by atoms with Crippen LogP contribution in [0.15, 0.2) is 47.7 Å². The molecule has 1 aliphatic rings. The molecule has 1 aromatic carbocycles. The zero-order valence-corrected chi connectivity index (χ0v) is 18.5. The van der Waals surface area contributed by atoms with Gasteiger partial charge >= 0.3 is 0 Å². The highest BCUT2D eigenvalue weighted by molar-refractivity contribution is 14.0. The van der Waals surface area contributed by atoms with Crippen LogP contribution in [0.3, 0.4) is 0 Å². The number of guanidine groups is 1. The van der Waals surface area contributed by atoms with Crippen LogP contribution in [0.4, 0.5) is 0 Å². The molecule has 1 aliphatic carbocycles. The highest BCUT2D eigenvalue weighted by atomic mass is 127. The van der Waals surface area contributed by atoms with Crippen molar-refractivity contribution < 1.29 is 4.74 Å². The maximum absolute atomic E-state index is 5.71. The van der Waals surface area contributed by atoms with Crippen molar-refractivity contribution in [1.29, 1.82) is 0 Å². The Morgan fingerprint density at radius 3 is 2.81 bits per heavy atom. The summed E-state index contributed by atoms with van der Waals surface area (Å²) in [7, 11) is 3.86. The fourth-order valence-corrected chi connectivity index (χ4v) is 2.76. The Morgan fingerprint density at radius 1 is 1.33 bits per heavy atom. The van der Waals surface area contributed by atoms with E-state index >= 15 is 0 Å². The van der Waals surface area contributed by atoms with E-state index in [0.717, 1.165) is 50.3 Å². The Hall–Kier alpha value is -1.61. The number of nitrogens with zero attached hydrogens (tertiary/aromatic N) is 4. The van der Waals surface area contributed by atoms with Gasteiger partial charge in [-0.3, -0.25) is 4.99 Å². The van der Waals surface area contributed by atoms with Gasteiger partial charge in [-0.05, 0) is 42.9 Å². The summed E-state index contributed by atoms with van der Waals surface area (Å²) in [5, 5.41) is 7.85. The topological polar surface area (TPSA) is 54.7 Å². The lowest BCUT2D eigenvalue weighted by molar-refractivity contribution is 0.115. The Kier molecular flexibility index (Phi) is 9.06. The van der Waals surface area contributed by atoms with Crippen LogP contribution in [0.25, 0.3) is 5.69 Å². The van der Waals surface area contributed by atoms with Crippen molar-refractivity contribution in [2.24, 2.45) is 10.9 Å². The molecule has 148 valence electrons. The Morgan fingerprint density at radius 2 is 2.11 bits per heavy atom. The summed E-state index contributed by atoms with van der Waals surface area (Å²) in [4.78, 5) is 6.46. The predicted octanol–water partition coefficient (Wildman–Crippen LogP) is 2.97. The van der Waals surface area contributed by atoms with E-state index in [0.29, 0.717) is 0 Å². The fourth-order valence-electron chi connectivity index (χ4n) is 2.76. The van der Waals surface area contributed by atoms with Gasteiger partial charge in [0.05, 0.1) is 18.5 Å². The van der Waals surface area contributed by atoms with Crippen LogP contribution in [-0.4, -0.2) is 61.0 Å². The number of aromatic nitrogens is 2. The molecule has 3 rings (SSSR count). The van der Waals surface area contributed by atoms with Gasteiger partial charge in [0, 0.05) is 40.0 Å². The molecule has 1 heterocycles. The third-order valence-corrected chi connectivity index (χ3v) is 4.55. The van der Waals surface area contributed by atoms with Crippen molar-refractivity contribution >= 4 is 29.9 Å². The van der Waals surface area contributed by atoms with Gasteiger partial charge in [-0.15, -0.1) is 24.0 Å². The summed E-state index contributed by atoms with van der Waals surface area (Å²) in [5.41, 5.74) is 2.28. The standard InChI is InChI=1S/C20H29N5O.HI/c1-21-20(24(2)12-13-26-16-17-8-9-17)22-11-10-18-14-23-25(15-18)19-6-4-3-5-7-19;/h3-7,14-15,17H,8-13,16H2,1-2H3,(H,21,22);1H. The molecule has 0 unspecified atom stereocenters. The summed E-state index contributed by atoms with van der Waals surface area (Å²) in [6.45, 7) is 3.32. The number of hydrogen-bond acceptors (Lipinski definition) is 3. The summed E-state index contributed by atoms with van der Waals surface area (Å²) < 4.78 is 7.62. The van der Waals surface area contributed by atoms with E-state index in [-0.39, 0.29) is 24.0 Å². The molecule has 7 heteroatoms. The van der Waals surface area contributed by atoms with Crippen molar-refractivity contribution in [1.82, 2.24) is 20.0 Å². The molecule has 0 amide bonds. The van der Waals surface area contributed by atoms with Crippen LogP contribution < -0.4 is 5.32 Å². The summed E-state index contributed by atoms with van der Waals surface area (Å²) >= 11 is 0. The van der Waals surface area contributed by atoms with Crippen molar-refractivity contribution in [3.05, 3.63) is 48.3 Å². The van der Waals surface area contributed by atoms with Gasteiger partial charge in [-0.1, -0.05) is 18.2 Å². The first-order valence-electron chi connectivity index (χ1n) is 9.35. The van der Waals surface area contributed by atoms with Gasteiger partial charge in [0.2, 0.25) is 0 Å². The van der Waals surface area contributed by atoms with Crippen LogP contribution in [0.1, 0.15) is 18.4 Å². The average Bonchev–Trinajstić information content (AvgIpc) is 3.38. The van der Waals surface area contributed by atoms with Crippen LogP contribution >= 0.6 is 24.0 Å². The zero-order chi connectivity index (χ0) is 18.2. The number of benzene rings is 1. The molecule has 0 aliphatic heterocycles. The van der Waals surface area contributed by atoms with E-state index in [1.807, 2.05) is 43.2 Å². The van der Waals surface area contributed by atoms with Gasteiger partial charge < -0.3 is 15.0 Å². The second kappa shape index (κ2) is 11.3. The molecule has 1 N–H and O–H groups in total. The minimum absolute atomic E-state index is 0. The minimum atomic E-state index is 0. The number of nitrogens with one attached hydrogen (secondary N) is 1. The molecule has 0 radical (unpaired) electrons. The molecular weight excluding hydrogens is 453 g/mol. The van der Waals surface area contributed by atoms with Gasteiger partial charge in [0.25, 0.3) is 0 Å². The second-order valence-corrected chi connectivity index (χ2v) is 6.79. The Balaban J connectivity index is 0.00000261. The number of likely N-dealkylation sites (N-methyl/N-ethyl adjacent to an activating group) is 1. The third kappa shape index (κ3) is 7.14. The smallest absolute Gasteiger partial charge is 0.193 e. The van der Waals surface area contributed by atoms with E-state index < -0.39 is 0 Å². The zero-order valence-electron chi connectivity index (χ0n) is 16.2. The Bertz CT molecular complexity index is 699. The SMILES string of the molecule is CN=C(NCCc1cnn(-c2ccccc2)c1)N(C)CCOCC1CC1.I. The lowest BCUT2D eigenvalue weighted by Crippen LogP contribution is -2.41. The molecule has 27 heavy (non-hydrogen) atoms. The monoisotopic (exact) mass is 483 g/mol. The van der Waals surface area contributed by atoms with Gasteiger partial charge in [0.1, 0.15) is 0 Å². The molecule has 0 spiro atoms. The van der Waals surface area contributed by atoms with Crippen LogP contribution in [0.2, 0.25) is 0 Å². The lowest BCUT2D eigenvalue weighted by atomic mass is 10.2. The van der Waals surface area contributed by atoms with Gasteiger partial charge in [-0.25, -0.2) is 4.68 Å². The van der Waals surface area contributed by atoms with E-state index in [4.69, 9.17) is 4.74 Å². The number of ether oxygens (including phenoxy) is 1. The van der Waals surface area contributed by atoms with Crippen LogP contribution in [0, 0.1) is 5.92 Å². The molecular formula is C20H30IN5O. The maximum atomic E-state index is 5.71. The van der Waals surface area contributed by atoms with Crippen molar-refractivity contribution in [2.75, 3.05) is 40.4 Å². The molecule has 6 nitrogen and oxygen atoms in total. The second-order valence-electron chi connectivity index (χ2n) is 6.79. The molecule has 0 saturated heterocycles. The highest BCUT2D eigenvalue weighted by Crippen LogP contribution is 2.28. The largest absolute Gasteiger partial charge is 0.379 e. The van der Waals surface area contributed by atoms with E-state index in [1.54, 1.807) is 0 Å². The summed E-state index contributed by atoms with van der Waals surface area (Å²) in [6, 6.07) is 10.2. The number of halogens is 1. The first-order chi connectivity index (χ1) is 12.8. The summed E-state index contributed by atoms with van der Waals surface area (Å²) in [5.74, 6) is 1.71. The molecule has 2 aromatic rings. The molecule has 1 aromatic heterocycles. The summed E-state index contributed by atoms with van der Waals surface area (Å²) in [6.07, 6.45) is 7.57. The minimum Gasteiger partial charge on any atom is -0.379 e. The molecule has 0 bridgehead atoms. The van der Waals surface area contributed by atoms with Gasteiger partial charge in [-0.2, -0.15) is 5.10 Å². The number of para-hydroxylation sites is 1. The quantitative estimate of drug-likeness (QED) is 0.258. The van der Waals surface area contributed by atoms with Crippen LogP contribution in [-0.2, 0) is 11.2 Å². The average molecular weight is 483 g/mol. The maximum Gasteiger partial charge on any atom is 0.193 e. The van der Waals surface area contributed by atoms with E-state index in [2.05, 4.69) is 38.6 Å². The lowest BCUT2D eigenvalue weighted by Gasteiger charge is -2.22. The van der Waals surface area contributed by atoms with Crippen molar-refractivity contribution in [3.63, 3.8) is 0 Å². The third-order valence-electron chi connectivity index (χ3n) is 4.55. The van der Waals surface area contributed by atoms with Crippen molar-refractivity contribution in [3.8, 4) is 5.69 Å². The number of rotatable bonds is 9. The van der Waals surface area contributed by atoms with Crippen molar-refractivity contribution in [2.45, 2.75) is 19.3 Å². The molecule has 1 fully saturated rings. The Labute approximate surface area is 179 Å². The molecule has 0 atom stereocenters. The van der Waals surface area contributed by atoms with Gasteiger partial charge in [0.15, 0.2) is 5.96 Å². The predicted molar refractivity (Wildman–Crippen MR) is 120 cm³/mol. The first-order valence-corrected chi connectivity index (χ1v) is 9.35. The number of aliphatic imine (C=N–C) groups is 1. The van der Waals surface area contributed by atoms with E-state index in [1.165, 1.54) is 18.4 Å².